The van der Waals surface area contributed by atoms with Gasteiger partial charge in [0.25, 0.3) is 11.8 Å². The third-order valence-corrected chi connectivity index (χ3v) is 4.72. The number of aryl methyl sites for hydroxylation is 2. The van der Waals surface area contributed by atoms with Crippen LogP contribution in [0, 0.1) is 13.8 Å². The Morgan fingerprint density at radius 2 is 2.07 bits per heavy atom. The first-order valence-corrected chi connectivity index (χ1v) is 9.25. The second kappa shape index (κ2) is 8.43. The molecule has 1 unspecified atom stereocenters. The van der Waals surface area contributed by atoms with Gasteiger partial charge in [-0.15, -0.1) is 0 Å². The van der Waals surface area contributed by atoms with E-state index >= 15 is 0 Å². The Morgan fingerprint density at radius 1 is 1.29 bits per heavy atom. The predicted octanol–water partition coefficient (Wildman–Crippen LogP) is 2.72. The fourth-order valence-electron chi connectivity index (χ4n) is 3.38. The average Bonchev–Trinajstić information content (AvgIpc) is 3.23. The number of nitrogens with one attached hydrogen (secondary N) is 2. The molecule has 28 heavy (non-hydrogen) atoms. The maximum atomic E-state index is 12.6. The highest BCUT2D eigenvalue weighted by Crippen LogP contribution is 2.30. The van der Waals surface area contributed by atoms with Gasteiger partial charge in [0.05, 0.1) is 24.1 Å². The number of carbonyl (C=O) groups excluding carboxylic acids is 2. The van der Waals surface area contributed by atoms with Gasteiger partial charge in [-0.3, -0.25) is 9.59 Å². The Kier molecular flexibility index (Phi) is 5.99. The zero-order valence-electron chi connectivity index (χ0n) is 16.5. The van der Waals surface area contributed by atoms with Gasteiger partial charge in [-0.2, -0.15) is 5.10 Å². The van der Waals surface area contributed by atoms with Crippen LogP contribution in [0.5, 0.6) is 0 Å². The summed E-state index contributed by atoms with van der Waals surface area (Å²) in [5, 5.41) is 7.17. The van der Waals surface area contributed by atoms with Gasteiger partial charge < -0.3 is 18.9 Å². The molecule has 1 aliphatic carbocycles. The largest absolute Gasteiger partial charge is 0.469 e. The highest BCUT2D eigenvalue weighted by Gasteiger charge is 2.28. The number of hydrazone groups is 1. The van der Waals surface area contributed by atoms with Crippen molar-refractivity contribution < 1.29 is 23.2 Å². The minimum Gasteiger partial charge on any atom is -0.469 e. The number of hydrogen-bond acceptors (Lipinski definition) is 6. The van der Waals surface area contributed by atoms with E-state index in [1.807, 2.05) is 13.8 Å². The minimum atomic E-state index is -0.335. The number of ether oxygens (including phenoxy) is 1. The quantitative estimate of drug-likeness (QED) is 0.742. The number of rotatable bonds is 6. The Morgan fingerprint density at radius 3 is 2.75 bits per heavy atom. The first-order valence-electron chi connectivity index (χ1n) is 9.25. The van der Waals surface area contributed by atoms with Crippen molar-refractivity contribution in [3.8, 4) is 0 Å². The van der Waals surface area contributed by atoms with Crippen LogP contribution in [0.2, 0.25) is 0 Å². The van der Waals surface area contributed by atoms with Gasteiger partial charge in [-0.1, -0.05) is 0 Å². The fraction of sp³-hybridized carbons (Fsp3) is 0.450. The van der Waals surface area contributed by atoms with Crippen molar-refractivity contribution in [1.82, 2.24) is 10.7 Å². The minimum absolute atomic E-state index is 0.135. The topological polar surface area (TPSA) is 106 Å². The summed E-state index contributed by atoms with van der Waals surface area (Å²) < 4.78 is 16.0. The first kappa shape index (κ1) is 19.9. The molecule has 2 N–H and O–H groups in total. The lowest BCUT2D eigenvalue weighted by Crippen LogP contribution is -2.35. The molecule has 0 saturated carbocycles. The predicted molar refractivity (Wildman–Crippen MR) is 103 cm³/mol. The van der Waals surface area contributed by atoms with Gasteiger partial charge in [0.15, 0.2) is 5.76 Å². The van der Waals surface area contributed by atoms with Crippen LogP contribution in [-0.4, -0.2) is 37.3 Å². The number of nitrogens with zero attached hydrogens (tertiary/aromatic N) is 1. The van der Waals surface area contributed by atoms with Gasteiger partial charge >= 0.3 is 0 Å². The highest BCUT2D eigenvalue weighted by molar-refractivity contribution is 6.07. The molecule has 0 bridgehead atoms. The van der Waals surface area contributed by atoms with Crippen molar-refractivity contribution in [2.75, 3.05) is 13.7 Å². The van der Waals surface area contributed by atoms with Crippen LogP contribution in [0.1, 0.15) is 63.3 Å². The molecule has 2 heterocycles. The maximum absolute atomic E-state index is 12.6. The molecule has 0 fully saturated rings. The van der Waals surface area contributed by atoms with E-state index in [0.717, 1.165) is 29.7 Å². The molecule has 3 rings (SSSR count). The lowest BCUT2D eigenvalue weighted by Gasteiger charge is -2.13. The zero-order chi connectivity index (χ0) is 20.3. The molecule has 2 amide bonds. The van der Waals surface area contributed by atoms with Crippen LogP contribution in [0.15, 0.2) is 26.3 Å². The van der Waals surface area contributed by atoms with E-state index in [1.54, 1.807) is 20.1 Å². The molecule has 0 aromatic carbocycles. The standard InChI is InChI=1S/C20H25N3O5/c1-11(10-26-4)21-20(25)18-12(2)17-15(6-5-7-16(17)28-18)22-23-19(24)14-8-9-27-13(14)3/h8-9,11H,5-7,10H2,1-4H3,(H,21,25)(H,23,24)/b22-15+. The number of fused-ring (bicyclic) bond motifs is 1. The molecule has 150 valence electrons. The summed E-state index contributed by atoms with van der Waals surface area (Å²) >= 11 is 0. The molecule has 2 aromatic heterocycles. The molecule has 1 aliphatic rings. The monoisotopic (exact) mass is 387 g/mol. The molecule has 0 spiro atoms. The van der Waals surface area contributed by atoms with E-state index in [1.165, 1.54) is 6.26 Å². The van der Waals surface area contributed by atoms with Crippen molar-refractivity contribution in [3.05, 3.63) is 46.3 Å². The summed E-state index contributed by atoms with van der Waals surface area (Å²) in [4.78, 5) is 24.8. The summed E-state index contributed by atoms with van der Waals surface area (Å²) in [7, 11) is 1.58. The van der Waals surface area contributed by atoms with E-state index in [4.69, 9.17) is 13.6 Å². The van der Waals surface area contributed by atoms with E-state index in [-0.39, 0.29) is 23.6 Å². The lowest BCUT2D eigenvalue weighted by molar-refractivity contribution is 0.0874. The van der Waals surface area contributed by atoms with Crippen LogP contribution in [-0.2, 0) is 11.2 Å². The fourth-order valence-corrected chi connectivity index (χ4v) is 3.38. The Labute approximate surface area is 163 Å². The van der Waals surface area contributed by atoms with Gasteiger partial charge in [-0.05, 0) is 39.7 Å². The second-order valence-electron chi connectivity index (χ2n) is 6.93. The van der Waals surface area contributed by atoms with Crippen molar-refractivity contribution in [1.29, 1.82) is 0 Å². The molecule has 8 nitrogen and oxygen atoms in total. The number of furan rings is 2. The molecule has 1 atom stereocenters. The molecule has 2 aromatic rings. The van der Waals surface area contributed by atoms with Crippen molar-refractivity contribution in [2.24, 2.45) is 5.10 Å². The Balaban J connectivity index is 1.81. The average molecular weight is 387 g/mol. The zero-order valence-corrected chi connectivity index (χ0v) is 16.5. The van der Waals surface area contributed by atoms with Gasteiger partial charge in [0.1, 0.15) is 11.5 Å². The molecular formula is C20H25N3O5. The Bertz CT molecular complexity index is 909. The van der Waals surface area contributed by atoms with Crippen LogP contribution in [0.4, 0.5) is 0 Å². The van der Waals surface area contributed by atoms with E-state index < -0.39 is 0 Å². The second-order valence-corrected chi connectivity index (χ2v) is 6.93. The third kappa shape index (κ3) is 4.01. The summed E-state index contributed by atoms with van der Waals surface area (Å²) in [5.41, 5.74) is 5.26. The van der Waals surface area contributed by atoms with Crippen LogP contribution in [0.25, 0.3) is 0 Å². The summed E-state index contributed by atoms with van der Waals surface area (Å²) in [5.74, 6) is 0.915. The van der Waals surface area contributed by atoms with Crippen LogP contribution >= 0.6 is 0 Å². The van der Waals surface area contributed by atoms with E-state index in [2.05, 4.69) is 15.8 Å². The molecule has 0 aliphatic heterocycles. The van der Waals surface area contributed by atoms with Crippen molar-refractivity contribution in [2.45, 2.75) is 46.1 Å². The number of carbonyl (C=O) groups is 2. The van der Waals surface area contributed by atoms with Gasteiger partial charge in [0, 0.05) is 30.7 Å². The van der Waals surface area contributed by atoms with Crippen molar-refractivity contribution >= 4 is 17.5 Å². The smallest absolute Gasteiger partial charge is 0.287 e. The van der Waals surface area contributed by atoms with Crippen molar-refractivity contribution in [3.63, 3.8) is 0 Å². The van der Waals surface area contributed by atoms with E-state index in [0.29, 0.717) is 30.1 Å². The number of hydrogen-bond donors (Lipinski definition) is 2. The van der Waals surface area contributed by atoms with Crippen LogP contribution in [0.3, 0.4) is 0 Å². The van der Waals surface area contributed by atoms with Gasteiger partial charge in [0.2, 0.25) is 0 Å². The SMILES string of the molecule is COCC(C)NC(=O)c1oc2c(c1C)/C(=N/NC(=O)c1ccoc1C)CCC2. The number of methoxy groups -OCH3 is 1. The first-order chi connectivity index (χ1) is 13.4. The maximum Gasteiger partial charge on any atom is 0.287 e. The molecular weight excluding hydrogens is 362 g/mol. The molecule has 0 saturated heterocycles. The summed E-state index contributed by atoms with van der Waals surface area (Å²) in [6.45, 7) is 5.83. The van der Waals surface area contributed by atoms with E-state index in [9.17, 15) is 9.59 Å². The highest BCUT2D eigenvalue weighted by atomic mass is 16.5. The van der Waals surface area contributed by atoms with Gasteiger partial charge in [-0.25, -0.2) is 5.43 Å². The van der Waals surface area contributed by atoms with Crippen LogP contribution < -0.4 is 10.7 Å². The summed E-state index contributed by atoms with van der Waals surface area (Å²) in [6.07, 6.45) is 3.72. The molecule has 0 radical (unpaired) electrons. The lowest BCUT2D eigenvalue weighted by atomic mass is 9.93. The molecule has 8 heteroatoms. The Hall–Kier alpha value is -2.87. The summed E-state index contributed by atoms with van der Waals surface area (Å²) in [6, 6.07) is 1.47. The normalized spacial score (nSPS) is 15.9. The number of amides is 2. The third-order valence-electron chi connectivity index (χ3n) is 4.72.